The van der Waals surface area contributed by atoms with Gasteiger partial charge in [-0.1, -0.05) is 6.07 Å². The van der Waals surface area contributed by atoms with Crippen LogP contribution in [0.25, 0.3) is 0 Å². The van der Waals surface area contributed by atoms with Crippen molar-refractivity contribution in [2.75, 3.05) is 57.2 Å². The van der Waals surface area contributed by atoms with Gasteiger partial charge in [0.15, 0.2) is 17.3 Å². The van der Waals surface area contributed by atoms with E-state index in [1.54, 1.807) is 43.4 Å². The minimum atomic E-state index is -0.386. The lowest BCUT2D eigenvalue weighted by Gasteiger charge is -2.35. The largest absolute Gasteiger partial charge is 0.493 e. The number of nitrogens with one attached hydrogen (secondary N) is 1. The monoisotopic (exact) mass is 480 g/mol. The average molecular weight is 481 g/mol. The number of amides is 1. The van der Waals surface area contributed by atoms with Crippen molar-refractivity contribution < 1.29 is 23.6 Å². The van der Waals surface area contributed by atoms with E-state index in [1.807, 2.05) is 18.2 Å². The first kappa shape index (κ1) is 23.9. The zero-order valence-electron chi connectivity index (χ0n) is 19.7. The van der Waals surface area contributed by atoms with Crippen molar-refractivity contribution in [3.8, 4) is 11.5 Å². The number of benzene rings is 2. The fourth-order valence-corrected chi connectivity index (χ4v) is 4.12. The van der Waals surface area contributed by atoms with Crippen LogP contribution in [0, 0.1) is 10.1 Å². The highest BCUT2D eigenvalue weighted by molar-refractivity contribution is 5.91. The predicted molar refractivity (Wildman–Crippen MR) is 132 cm³/mol. The van der Waals surface area contributed by atoms with E-state index in [9.17, 15) is 14.9 Å². The molecule has 0 spiro atoms. The normalized spacial score (nSPS) is 13.4. The molecule has 1 aliphatic heterocycles. The lowest BCUT2D eigenvalue weighted by molar-refractivity contribution is -0.383. The molecule has 10 heteroatoms. The van der Waals surface area contributed by atoms with Gasteiger partial charge in [0, 0.05) is 44.5 Å². The van der Waals surface area contributed by atoms with Crippen LogP contribution in [0.5, 0.6) is 11.5 Å². The second kappa shape index (κ2) is 10.8. The Hall–Kier alpha value is -4.21. The van der Waals surface area contributed by atoms with Gasteiger partial charge in [0.1, 0.15) is 5.69 Å². The molecule has 1 aromatic heterocycles. The van der Waals surface area contributed by atoms with Gasteiger partial charge in [-0.2, -0.15) is 0 Å². The van der Waals surface area contributed by atoms with Crippen LogP contribution in [0.4, 0.5) is 17.1 Å². The maximum absolute atomic E-state index is 12.5. The van der Waals surface area contributed by atoms with Gasteiger partial charge in [-0.3, -0.25) is 14.9 Å². The maximum Gasteiger partial charge on any atom is 0.292 e. The molecule has 1 aliphatic rings. The van der Waals surface area contributed by atoms with Crippen LogP contribution in [0.3, 0.4) is 0 Å². The Morgan fingerprint density at radius 3 is 2.49 bits per heavy atom. The predicted octanol–water partition coefficient (Wildman–Crippen LogP) is 3.82. The highest BCUT2D eigenvalue weighted by atomic mass is 16.6. The summed E-state index contributed by atoms with van der Waals surface area (Å²) in [7, 11) is 3.17. The van der Waals surface area contributed by atoms with E-state index in [4.69, 9.17) is 13.9 Å². The van der Waals surface area contributed by atoms with Crippen molar-refractivity contribution in [2.24, 2.45) is 0 Å². The summed E-state index contributed by atoms with van der Waals surface area (Å²) in [6, 6.07) is 14.1. The summed E-state index contributed by atoms with van der Waals surface area (Å²) in [4.78, 5) is 27.6. The van der Waals surface area contributed by atoms with Gasteiger partial charge in [-0.15, -0.1) is 0 Å². The molecule has 1 fully saturated rings. The van der Waals surface area contributed by atoms with Crippen molar-refractivity contribution in [3.05, 3.63) is 76.2 Å². The van der Waals surface area contributed by atoms with Crippen LogP contribution in [0.1, 0.15) is 16.1 Å². The van der Waals surface area contributed by atoms with Gasteiger partial charge in [0.25, 0.3) is 11.6 Å². The van der Waals surface area contributed by atoms with Gasteiger partial charge in [0.05, 0.1) is 25.4 Å². The number of hydrogen-bond acceptors (Lipinski definition) is 8. The number of hydrogen-bond donors (Lipinski definition) is 1. The van der Waals surface area contributed by atoms with Crippen LogP contribution in [-0.4, -0.2) is 62.7 Å². The van der Waals surface area contributed by atoms with Gasteiger partial charge in [-0.05, 0) is 48.4 Å². The first-order valence-electron chi connectivity index (χ1n) is 11.3. The summed E-state index contributed by atoms with van der Waals surface area (Å²) in [5.74, 6) is 1.49. The Morgan fingerprint density at radius 2 is 1.83 bits per heavy atom. The molecule has 10 nitrogen and oxygen atoms in total. The van der Waals surface area contributed by atoms with Gasteiger partial charge < -0.3 is 29.0 Å². The summed E-state index contributed by atoms with van der Waals surface area (Å²) >= 11 is 0. The Kier molecular flexibility index (Phi) is 7.39. The molecule has 35 heavy (non-hydrogen) atoms. The molecule has 2 heterocycles. The fraction of sp³-hybridized carbons (Fsp3) is 0.320. The lowest BCUT2D eigenvalue weighted by atomic mass is 10.1. The van der Waals surface area contributed by atoms with E-state index in [2.05, 4.69) is 10.2 Å². The van der Waals surface area contributed by atoms with E-state index in [0.29, 0.717) is 62.1 Å². The topological polar surface area (TPSA) is 110 Å². The third kappa shape index (κ3) is 5.48. The molecule has 1 saturated heterocycles. The number of carbonyl (C=O) groups excluding carboxylic acids is 1. The van der Waals surface area contributed by atoms with Crippen LogP contribution >= 0.6 is 0 Å². The number of carbonyl (C=O) groups is 1. The van der Waals surface area contributed by atoms with E-state index < -0.39 is 0 Å². The molecule has 0 radical (unpaired) electrons. The lowest BCUT2D eigenvalue weighted by Crippen LogP contribution is -2.48. The van der Waals surface area contributed by atoms with Crippen LogP contribution in [0.2, 0.25) is 0 Å². The quantitative estimate of drug-likeness (QED) is 0.364. The third-order valence-electron chi connectivity index (χ3n) is 6.02. The number of nitro groups is 1. The number of piperazine rings is 1. The van der Waals surface area contributed by atoms with E-state index in [-0.39, 0.29) is 16.5 Å². The molecule has 0 aliphatic carbocycles. The molecule has 184 valence electrons. The van der Waals surface area contributed by atoms with Crippen LogP contribution in [0.15, 0.2) is 59.2 Å². The van der Waals surface area contributed by atoms with Crippen molar-refractivity contribution in [2.45, 2.75) is 6.42 Å². The summed E-state index contributed by atoms with van der Waals surface area (Å²) in [6.07, 6.45) is 2.13. The first-order valence-corrected chi connectivity index (χ1v) is 11.3. The second-order valence-corrected chi connectivity index (χ2v) is 8.08. The Balaban J connectivity index is 1.41. The number of ether oxygens (including phenoxy) is 2. The highest BCUT2D eigenvalue weighted by Gasteiger charge is 2.25. The average Bonchev–Trinajstić information content (AvgIpc) is 3.43. The molecule has 2 aromatic carbocycles. The molecule has 0 saturated carbocycles. The summed E-state index contributed by atoms with van der Waals surface area (Å²) in [6.45, 7) is 2.83. The van der Waals surface area contributed by atoms with Crippen LogP contribution < -0.4 is 19.7 Å². The Bertz CT molecular complexity index is 1170. The fourth-order valence-electron chi connectivity index (χ4n) is 4.12. The SMILES string of the molecule is COc1ccc(CCNc2cc(N3CCN(C(=O)c4ccco4)CC3)ccc2[N+](=O)[O-])cc1OC. The zero-order valence-corrected chi connectivity index (χ0v) is 19.7. The third-order valence-corrected chi connectivity index (χ3v) is 6.02. The molecule has 1 N–H and O–H groups in total. The Labute approximate surface area is 203 Å². The Morgan fingerprint density at radius 1 is 1.06 bits per heavy atom. The molecule has 4 rings (SSSR count). The molecular weight excluding hydrogens is 452 g/mol. The van der Waals surface area contributed by atoms with Crippen molar-refractivity contribution in [1.82, 2.24) is 4.90 Å². The van der Waals surface area contributed by atoms with Crippen molar-refractivity contribution in [3.63, 3.8) is 0 Å². The number of furan rings is 1. The van der Waals surface area contributed by atoms with Crippen molar-refractivity contribution in [1.29, 1.82) is 0 Å². The smallest absolute Gasteiger partial charge is 0.292 e. The summed E-state index contributed by atoms with van der Waals surface area (Å²) in [5.41, 5.74) is 2.37. The molecule has 0 unspecified atom stereocenters. The minimum absolute atomic E-state index is 0.0210. The first-order chi connectivity index (χ1) is 17.0. The number of anilines is 2. The van der Waals surface area contributed by atoms with Gasteiger partial charge >= 0.3 is 0 Å². The number of rotatable bonds is 9. The molecule has 3 aromatic rings. The summed E-state index contributed by atoms with van der Waals surface area (Å²) < 4.78 is 15.8. The molecule has 0 atom stereocenters. The van der Waals surface area contributed by atoms with E-state index in [1.165, 1.54) is 12.3 Å². The molecule has 1 amide bonds. The number of methoxy groups -OCH3 is 2. The summed E-state index contributed by atoms with van der Waals surface area (Å²) in [5, 5.41) is 14.8. The standard InChI is InChI=1S/C25H28N4O6/c1-33-22-8-5-18(16-24(22)34-2)9-10-26-20-17-19(6-7-21(20)29(31)32)27-11-13-28(14-12-27)25(30)23-4-3-15-35-23/h3-8,15-17,26H,9-14H2,1-2H3. The highest BCUT2D eigenvalue weighted by Crippen LogP contribution is 2.31. The number of nitrogens with zero attached hydrogens (tertiary/aromatic N) is 3. The minimum Gasteiger partial charge on any atom is -0.493 e. The maximum atomic E-state index is 12.5. The molecular formula is C25H28N4O6. The van der Waals surface area contributed by atoms with E-state index >= 15 is 0 Å². The second-order valence-electron chi connectivity index (χ2n) is 8.08. The van der Waals surface area contributed by atoms with Crippen LogP contribution in [-0.2, 0) is 6.42 Å². The van der Waals surface area contributed by atoms with E-state index in [0.717, 1.165) is 11.3 Å². The van der Waals surface area contributed by atoms with Crippen molar-refractivity contribution >= 4 is 23.0 Å². The van der Waals surface area contributed by atoms with Gasteiger partial charge in [-0.25, -0.2) is 0 Å². The van der Waals surface area contributed by atoms with Gasteiger partial charge in [0.2, 0.25) is 0 Å². The number of nitro benzene ring substituents is 1. The zero-order chi connectivity index (χ0) is 24.8. The molecule has 0 bridgehead atoms.